The van der Waals surface area contributed by atoms with Crippen LogP contribution < -0.4 is 0 Å². The Hall–Kier alpha value is -1.44. The Kier molecular flexibility index (Phi) is 9.83. The van der Waals surface area contributed by atoms with E-state index in [1.165, 1.54) is 5.56 Å². The molecule has 0 bridgehead atoms. The first-order valence-corrected chi connectivity index (χ1v) is 10.0. The Morgan fingerprint density at radius 2 is 2.19 bits per heavy atom. The van der Waals surface area contributed by atoms with Gasteiger partial charge in [0.1, 0.15) is 0 Å². The van der Waals surface area contributed by atoms with Crippen molar-refractivity contribution in [2.45, 2.75) is 52.3 Å². The second kappa shape index (κ2) is 11.3. The van der Waals surface area contributed by atoms with Crippen LogP contribution in [0.15, 0.2) is 24.5 Å². The van der Waals surface area contributed by atoms with Crippen molar-refractivity contribution in [1.29, 1.82) is 0 Å². The maximum absolute atomic E-state index is 11.9. The average molecular weight is 383 g/mol. The summed E-state index contributed by atoms with van der Waals surface area (Å²) in [6.07, 6.45) is 5.98. The third-order valence-electron chi connectivity index (χ3n) is 4.51. The smallest absolute Gasteiger partial charge is 0.291 e. The topological polar surface area (TPSA) is 79.7 Å². The lowest BCUT2D eigenvalue weighted by molar-refractivity contribution is -0.242. The van der Waals surface area contributed by atoms with Gasteiger partial charge in [0, 0.05) is 30.1 Å². The predicted molar refractivity (Wildman–Crippen MR) is 104 cm³/mol. The number of aromatic nitrogens is 1. The van der Waals surface area contributed by atoms with Crippen LogP contribution in [0.3, 0.4) is 0 Å². The number of hydrogen-bond donors (Lipinski definition) is 1. The van der Waals surface area contributed by atoms with Gasteiger partial charge in [-0.15, -0.1) is 11.8 Å². The molecule has 1 saturated heterocycles. The largest absolute Gasteiger partial charge is 0.324 e. The molecule has 1 aromatic rings. The SMILES string of the molecule is CCC(C)(C)C(=O)C(=O)N1CCS[C@@H]1C.OOCCCc1cccnc1. The third-order valence-corrected chi connectivity index (χ3v) is 5.66. The number of amides is 1. The molecule has 1 amide bonds. The first-order valence-electron chi connectivity index (χ1n) is 8.95. The molecule has 0 saturated carbocycles. The molecule has 146 valence electrons. The molecule has 0 radical (unpaired) electrons. The van der Waals surface area contributed by atoms with E-state index >= 15 is 0 Å². The standard InChI is InChI=1S/C11H19NO2S.C8H11NO2/c1-5-11(3,4)9(13)10(14)12-6-7-15-8(12)2;10-11-6-2-4-8-3-1-5-9-7-8/h8H,5-7H2,1-4H3;1,3,5,7,10H,2,4,6H2/t8-;/m1./s1. The summed E-state index contributed by atoms with van der Waals surface area (Å²) in [6, 6.07) is 3.90. The summed E-state index contributed by atoms with van der Waals surface area (Å²) < 4.78 is 0. The van der Waals surface area contributed by atoms with Gasteiger partial charge in [0.05, 0.1) is 12.0 Å². The monoisotopic (exact) mass is 382 g/mol. The lowest BCUT2D eigenvalue weighted by Gasteiger charge is -2.25. The number of aryl methyl sites for hydroxylation is 1. The Bertz CT molecular complexity index is 566. The van der Waals surface area contributed by atoms with Gasteiger partial charge in [-0.2, -0.15) is 0 Å². The van der Waals surface area contributed by atoms with Gasteiger partial charge < -0.3 is 4.90 Å². The molecule has 7 heteroatoms. The van der Waals surface area contributed by atoms with E-state index in [0.29, 0.717) is 19.6 Å². The summed E-state index contributed by atoms with van der Waals surface area (Å²) in [6.45, 7) is 8.67. The molecule has 0 spiro atoms. The molecule has 26 heavy (non-hydrogen) atoms. The van der Waals surface area contributed by atoms with E-state index in [4.69, 9.17) is 5.26 Å². The number of thioether (sulfide) groups is 1. The number of ketones is 1. The van der Waals surface area contributed by atoms with Gasteiger partial charge in [-0.05, 0) is 37.8 Å². The Morgan fingerprint density at radius 3 is 2.69 bits per heavy atom. The number of hydrogen-bond acceptors (Lipinski definition) is 6. The molecular formula is C19H30N2O4S. The van der Waals surface area contributed by atoms with Crippen LogP contribution in [0.4, 0.5) is 0 Å². The molecule has 1 aliphatic heterocycles. The van der Waals surface area contributed by atoms with Crippen molar-refractivity contribution < 1.29 is 19.7 Å². The van der Waals surface area contributed by atoms with Gasteiger partial charge in [-0.3, -0.25) is 19.8 Å². The molecule has 2 rings (SSSR count). The lowest BCUT2D eigenvalue weighted by Crippen LogP contribution is -2.43. The van der Waals surface area contributed by atoms with Crippen LogP contribution in [0.25, 0.3) is 0 Å². The molecule has 1 aliphatic rings. The zero-order chi connectivity index (χ0) is 19.6. The van der Waals surface area contributed by atoms with Crippen molar-refractivity contribution in [3.8, 4) is 0 Å². The molecule has 0 aromatic carbocycles. The molecule has 1 fully saturated rings. The van der Waals surface area contributed by atoms with Crippen LogP contribution in [-0.4, -0.2) is 51.1 Å². The van der Waals surface area contributed by atoms with Crippen molar-refractivity contribution in [1.82, 2.24) is 9.88 Å². The van der Waals surface area contributed by atoms with E-state index in [1.807, 2.05) is 46.0 Å². The first-order chi connectivity index (χ1) is 12.3. The normalized spacial score (nSPS) is 16.8. The van der Waals surface area contributed by atoms with Crippen LogP contribution in [0.5, 0.6) is 0 Å². The molecule has 1 N–H and O–H groups in total. The van der Waals surface area contributed by atoms with Crippen molar-refractivity contribution in [3.63, 3.8) is 0 Å². The van der Waals surface area contributed by atoms with Crippen molar-refractivity contribution in [3.05, 3.63) is 30.1 Å². The van der Waals surface area contributed by atoms with E-state index in [-0.39, 0.29) is 17.1 Å². The van der Waals surface area contributed by atoms with E-state index in [1.54, 1.807) is 22.9 Å². The predicted octanol–water partition coefficient (Wildman–Crippen LogP) is 3.42. The maximum atomic E-state index is 11.9. The van der Waals surface area contributed by atoms with Crippen molar-refractivity contribution >= 4 is 23.5 Å². The molecule has 1 atom stereocenters. The second-order valence-electron chi connectivity index (χ2n) is 6.83. The van der Waals surface area contributed by atoms with Crippen molar-refractivity contribution in [2.24, 2.45) is 5.41 Å². The van der Waals surface area contributed by atoms with E-state index < -0.39 is 5.41 Å². The summed E-state index contributed by atoms with van der Waals surface area (Å²) in [5.74, 6) is 0.380. The number of Topliss-reactive ketones (excluding diaryl/α,β-unsaturated/α-hetero) is 1. The van der Waals surface area contributed by atoms with Crippen LogP contribution in [0.2, 0.25) is 0 Å². The highest BCUT2D eigenvalue weighted by molar-refractivity contribution is 8.00. The summed E-state index contributed by atoms with van der Waals surface area (Å²) >= 11 is 1.72. The summed E-state index contributed by atoms with van der Waals surface area (Å²) in [4.78, 5) is 33.4. The van der Waals surface area contributed by atoms with Gasteiger partial charge in [0.2, 0.25) is 5.78 Å². The molecule has 6 nitrogen and oxygen atoms in total. The van der Waals surface area contributed by atoms with E-state index in [9.17, 15) is 9.59 Å². The fraction of sp³-hybridized carbons (Fsp3) is 0.632. The van der Waals surface area contributed by atoms with E-state index in [0.717, 1.165) is 18.6 Å². The molecule has 1 aromatic heterocycles. The van der Waals surface area contributed by atoms with Gasteiger partial charge in [0.25, 0.3) is 5.91 Å². The summed E-state index contributed by atoms with van der Waals surface area (Å²) in [5.41, 5.74) is 0.647. The number of pyridine rings is 1. The summed E-state index contributed by atoms with van der Waals surface area (Å²) in [7, 11) is 0. The van der Waals surface area contributed by atoms with Gasteiger partial charge >= 0.3 is 0 Å². The summed E-state index contributed by atoms with van der Waals surface area (Å²) in [5, 5.41) is 8.18. The number of carbonyl (C=O) groups is 2. The average Bonchev–Trinajstić information content (AvgIpc) is 3.08. The zero-order valence-corrected chi connectivity index (χ0v) is 16.9. The Balaban J connectivity index is 0.000000273. The van der Waals surface area contributed by atoms with Gasteiger partial charge in [0.15, 0.2) is 0 Å². The van der Waals surface area contributed by atoms with Gasteiger partial charge in [-0.1, -0.05) is 26.8 Å². The highest BCUT2D eigenvalue weighted by Gasteiger charge is 2.37. The second-order valence-corrected chi connectivity index (χ2v) is 8.26. The quantitative estimate of drug-likeness (QED) is 0.337. The fourth-order valence-electron chi connectivity index (χ4n) is 2.33. The lowest BCUT2D eigenvalue weighted by atomic mass is 9.84. The third kappa shape index (κ3) is 7.05. The molecular weight excluding hydrogens is 352 g/mol. The number of nitrogens with zero attached hydrogens (tertiary/aromatic N) is 2. The maximum Gasteiger partial charge on any atom is 0.291 e. The van der Waals surface area contributed by atoms with Crippen LogP contribution in [-0.2, 0) is 20.9 Å². The van der Waals surface area contributed by atoms with Crippen LogP contribution in [0, 0.1) is 5.41 Å². The fourth-order valence-corrected chi connectivity index (χ4v) is 3.35. The molecule has 2 heterocycles. The zero-order valence-electron chi connectivity index (χ0n) is 16.1. The molecule has 0 aliphatic carbocycles. The minimum absolute atomic E-state index is 0.147. The minimum atomic E-state index is -0.524. The van der Waals surface area contributed by atoms with Gasteiger partial charge in [-0.25, -0.2) is 4.89 Å². The number of rotatable bonds is 7. The Labute approximate surface area is 160 Å². The van der Waals surface area contributed by atoms with Crippen molar-refractivity contribution in [2.75, 3.05) is 18.9 Å². The van der Waals surface area contributed by atoms with Crippen LogP contribution >= 0.6 is 11.8 Å². The highest BCUT2D eigenvalue weighted by Crippen LogP contribution is 2.27. The number of carbonyl (C=O) groups excluding carboxylic acids is 2. The van der Waals surface area contributed by atoms with Crippen LogP contribution in [0.1, 0.15) is 46.1 Å². The molecule has 0 unspecified atom stereocenters. The van der Waals surface area contributed by atoms with E-state index in [2.05, 4.69) is 9.87 Å². The first kappa shape index (κ1) is 22.6. The Morgan fingerprint density at radius 1 is 1.46 bits per heavy atom. The minimum Gasteiger partial charge on any atom is -0.324 e. The highest BCUT2D eigenvalue weighted by atomic mass is 32.2.